The van der Waals surface area contributed by atoms with Crippen LogP contribution in [0.4, 0.5) is 0 Å². The number of nitrogens with two attached hydrogens (primary N) is 1. The van der Waals surface area contributed by atoms with Crippen molar-refractivity contribution < 1.29 is 9.28 Å². The molecule has 0 amide bonds. The fourth-order valence-corrected chi connectivity index (χ4v) is 3.92. The van der Waals surface area contributed by atoms with Crippen molar-refractivity contribution in [3.8, 4) is 0 Å². The smallest absolute Gasteiger partial charge is 0.186 e. The van der Waals surface area contributed by atoms with Gasteiger partial charge in [-0.15, -0.1) is 0 Å². The lowest BCUT2D eigenvalue weighted by Gasteiger charge is -2.32. The van der Waals surface area contributed by atoms with E-state index >= 15 is 0 Å². The lowest BCUT2D eigenvalue weighted by Crippen LogP contribution is -2.48. The highest BCUT2D eigenvalue weighted by Crippen LogP contribution is 2.11. The maximum absolute atomic E-state index is 12.3. The van der Waals surface area contributed by atoms with Crippen LogP contribution in [-0.4, -0.2) is 43.5 Å². The highest BCUT2D eigenvalue weighted by Gasteiger charge is 2.22. The predicted octanol–water partition coefficient (Wildman–Crippen LogP) is 6.57. The Balaban J connectivity index is 3.58. The number of carbonyl (C=O) groups is 1. The van der Waals surface area contributed by atoms with E-state index in [1.165, 1.54) is 77.0 Å². The molecule has 0 rings (SSSR count). The van der Waals surface area contributed by atoms with Crippen LogP contribution < -0.4 is 5.73 Å². The van der Waals surface area contributed by atoms with Crippen molar-refractivity contribution in [1.29, 1.82) is 0 Å². The molecule has 0 fully saturated rings. The van der Waals surface area contributed by atoms with Crippen LogP contribution in [0.3, 0.4) is 0 Å². The summed E-state index contributed by atoms with van der Waals surface area (Å²) in [5, 5.41) is 0. The number of carbonyl (C=O) groups excluding carboxylic acids is 1. The van der Waals surface area contributed by atoms with E-state index in [0.717, 1.165) is 36.8 Å². The maximum atomic E-state index is 12.3. The standard InChI is InChI=1S/C26H51N2O/c1-4-6-7-8-9-10-11-12-13-14-15-16-17-18-19-21-26(29)25-28(3,23-5-2)24-20-22-27/h5,12-13H,2,4,6-11,14-25,27H2,1,3H3/q+1/b13-12-. The van der Waals surface area contributed by atoms with Gasteiger partial charge in [-0.1, -0.05) is 77.0 Å². The van der Waals surface area contributed by atoms with Crippen LogP contribution in [-0.2, 0) is 4.79 Å². The van der Waals surface area contributed by atoms with Crippen LogP contribution in [0, 0.1) is 0 Å². The summed E-state index contributed by atoms with van der Waals surface area (Å²) < 4.78 is 0.755. The van der Waals surface area contributed by atoms with Gasteiger partial charge in [-0.3, -0.25) is 4.79 Å². The molecule has 0 spiro atoms. The van der Waals surface area contributed by atoms with Crippen molar-refractivity contribution in [1.82, 2.24) is 0 Å². The molecule has 0 aliphatic rings. The zero-order chi connectivity index (χ0) is 21.6. The number of rotatable bonds is 22. The summed E-state index contributed by atoms with van der Waals surface area (Å²) in [6, 6.07) is 0. The summed E-state index contributed by atoms with van der Waals surface area (Å²) >= 11 is 0. The molecule has 0 saturated carbocycles. The highest BCUT2D eigenvalue weighted by atomic mass is 16.1. The van der Waals surface area contributed by atoms with E-state index in [1.807, 2.05) is 6.08 Å². The minimum Gasteiger partial charge on any atom is -0.330 e. The van der Waals surface area contributed by atoms with E-state index in [4.69, 9.17) is 5.73 Å². The summed E-state index contributed by atoms with van der Waals surface area (Å²) in [7, 11) is 2.15. The summed E-state index contributed by atoms with van der Waals surface area (Å²) in [5.74, 6) is 0.393. The van der Waals surface area contributed by atoms with Gasteiger partial charge in [0.15, 0.2) is 5.78 Å². The van der Waals surface area contributed by atoms with Crippen molar-refractivity contribution in [2.45, 2.75) is 103 Å². The molecule has 1 unspecified atom stereocenters. The van der Waals surface area contributed by atoms with Crippen molar-refractivity contribution in [3.05, 3.63) is 24.8 Å². The Morgan fingerprint density at radius 3 is 1.97 bits per heavy atom. The van der Waals surface area contributed by atoms with Gasteiger partial charge in [0.1, 0.15) is 6.54 Å². The average molecular weight is 408 g/mol. The molecule has 0 bridgehead atoms. The molecule has 0 heterocycles. The van der Waals surface area contributed by atoms with E-state index in [9.17, 15) is 4.79 Å². The largest absolute Gasteiger partial charge is 0.330 e. The number of nitrogens with zero attached hydrogens (tertiary/aromatic N) is 1. The Hall–Kier alpha value is -0.930. The maximum Gasteiger partial charge on any atom is 0.186 e. The van der Waals surface area contributed by atoms with E-state index in [-0.39, 0.29) is 0 Å². The second-order valence-corrected chi connectivity index (χ2v) is 8.99. The lowest BCUT2D eigenvalue weighted by molar-refractivity contribution is -0.896. The number of ketones is 1. The van der Waals surface area contributed by atoms with Gasteiger partial charge in [0.25, 0.3) is 0 Å². The van der Waals surface area contributed by atoms with Crippen molar-refractivity contribution in [3.63, 3.8) is 0 Å². The Morgan fingerprint density at radius 2 is 1.41 bits per heavy atom. The van der Waals surface area contributed by atoms with Gasteiger partial charge >= 0.3 is 0 Å². The first-order valence-corrected chi connectivity index (χ1v) is 12.4. The summed E-state index contributed by atoms with van der Waals surface area (Å²) in [6.07, 6.45) is 25.2. The third kappa shape index (κ3) is 18.8. The van der Waals surface area contributed by atoms with Gasteiger partial charge in [-0.25, -0.2) is 0 Å². The summed E-state index contributed by atoms with van der Waals surface area (Å²) in [6.45, 7) is 9.23. The first-order chi connectivity index (χ1) is 14.1. The molecule has 29 heavy (non-hydrogen) atoms. The minimum atomic E-state index is 0.393. The number of unbranched alkanes of at least 4 members (excludes halogenated alkanes) is 11. The van der Waals surface area contributed by atoms with Gasteiger partial charge in [0, 0.05) is 12.8 Å². The Labute approximate surface area is 182 Å². The SMILES string of the molecule is C=CC[N+](C)(CCCN)CC(=O)CCCCCCC/C=C\CCCCCCCC. The van der Waals surface area contributed by atoms with Crippen LogP contribution in [0.1, 0.15) is 103 Å². The monoisotopic (exact) mass is 407 g/mol. The molecule has 0 radical (unpaired) electrons. The predicted molar refractivity (Wildman–Crippen MR) is 129 cm³/mol. The topological polar surface area (TPSA) is 43.1 Å². The van der Waals surface area contributed by atoms with E-state index in [2.05, 4.69) is 32.7 Å². The first kappa shape index (κ1) is 28.1. The zero-order valence-electron chi connectivity index (χ0n) is 19.8. The highest BCUT2D eigenvalue weighted by molar-refractivity contribution is 5.79. The number of likely N-dealkylation sites (N-methyl/N-ethyl adjacent to an activating group) is 1. The molecule has 0 aromatic carbocycles. The first-order valence-electron chi connectivity index (χ1n) is 12.4. The third-order valence-corrected chi connectivity index (χ3v) is 5.75. The van der Waals surface area contributed by atoms with Crippen LogP contribution in [0.15, 0.2) is 24.8 Å². The molecule has 0 aromatic heterocycles. The average Bonchev–Trinajstić information content (AvgIpc) is 2.69. The molecule has 0 aromatic rings. The lowest BCUT2D eigenvalue weighted by atomic mass is 10.1. The molecule has 1 atom stereocenters. The molecular formula is C26H51N2O+. The van der Waals surface area contributed by atoms with Crippen molar-refractivity contribution in [2.75, 3.05) is 33.2 Å². The second kappa shape index (κ2) is 20.3. The number of quaternary nitrogens is 1. The number of Topliss-reactive ketones (excluding diaryl/α,β-unsaturated/α-hetero) is 1. The van der Waals surface area contributed by atoms with Crippen molar-refractivity contribution in [2.24, 2.45) is 5.73 Å². The molecule has 3 nitrogen and oxygen atoms in total. The van der Waals surface area contributed by atoms with Gasteiger partial charge in [0.05, 0.1) is 20.1 Å². The Kier molecular flexibility index (Phi) is 19.7. The molecule has 0 aliphatic carbocycles. The molecule has 0 aliphatic heterocycles. The normalized spacial score (nSPS) is 13.6. The van der Waals surface area contributed by atoms with Crippen LogP contribution in [0.25, 0.3) is 0 Å². The number of hydrogen-bond donors (Lipinski definition) is 1. The molecular weight excluding hydrogens is 356 g/mol. The second-order valence-electron chi connectivity index (χ2n) is 8.99. The number of hydrogen-bond acceptors (Lipinski definition) is 2. The van der Waals surface area contributed by atoms with Crippen LogP contribution in [0.5, 0.6) is 0 Å². The van der Waals surface area contributed by atoms with Gasteiger partial charge in [-0.05, 0) is 44.7 Å². The summed E-state index contributed by atoms with van der Waals surface area (Å²) in [5.41, 5.74) is 5.64. The van der Waals surface area contributed by atoms with E-state index in [0.29, 0.717) is 18.9 Å². The van der Waals surface area contributed by atoms with Crippen LogP contribution in [0.2, 0.25) is 0 Å². The third-order valence-electron chi connectivity index (χ3n) is 5.75. The molecule has 170 valence electrons. The summed E-state index contributed by atoms with van der Waals surface area (Å²) in [4.78, 5) is 12.3. The fourth-order valence-electron chi connectivity index (χ4n) is 3.92. The van der Waals surface area contributed by atoms with E-state index < -0.39 is 0 Å². The minimum absolute atomic E-state index is 0.393. The Morgan fingerprint density at radius 1 is 0.862 bits per heavy atom. The van der Waals surface area contributed by atoms with Gasteiger partial charge in [0.2, 0.25) is 0 Å². The Bertz CT molecular complexity index is 419. The molecule has 3 heteroatoms. The molecule has 0 saturated heterocycles. The zero-order valence-corrected chi connectivity index (χ0v) is 19.8. The van der Waals surface area contributed by atoms with E-state index in [1.54, 1.807) is 0 Å². The molecule has 2 N–H and O–H groups in total. The van der Waals surface area contributed by atoms with Gasteiger partial charge in [-0.2, -0.15) is 0 Å². The van der Waals surface area contributed by atoms with Crippen LogP contribution >= 0.6 is 0 Å². The quantitative estimate of drug-likeness (QED) is 0.125. The number of allylic oxidation sites excluding steroid dienone is 2. The van der Waals surface area contributed by atoms with Gasteiger partial charge < -0.3 is 10.2 Å². The fraction of sp³-hybridized carbons (Fsp3) is 0.808. The van der Waals surface area contributed by atoms with Crippen molar-refractivity contribution >= 4 is 5.78 Å².